The highest BCUT2D eigenvalue weighted by atomic mass is 16.4. The van der Waals surface area contributed by atoms with Gasteiger partial charge in [-0.3, -0.25) is 4.79 Å². The molecule has 26 heavy (non-hydrogen) atoms. The molecule has 6 nitrogen and oxygen atoms in total. The fraction of sp³-hybridized carbons (Fsp3) is 0.200. The minimum absolute atomic E-state index is 0.218. The van der Waals surface area contributed by atoms with E-state index in [9.17, 15) is 9.59 Å². The third-order valence-electron chi connectivity index (χ3n) is 4.37. The molecule has 0 spiro atoms. The molecule has 1 unspecified atom stereocenters. The van der Waals surface area contributed by atoms with Gasteiger partial charge in [0, 0.05) is 23.5 Å². The Morgan fingerprint density at radius 2 is 1.73 bits per heavy atom. The molecule has 2 aromatic carbocycles. The molecule has 0 aliphatic rings. The average Bonchev–Trinajstić information content (AvgIpc) is 3.04. The van der Waals surface area contributed by atoms with Crippen LogP contribution in [0.2, 0.25) is 0 Å². The molecule has 0 bridgehead atoms. The zero-order valence-corrected chi connectivity index (χ0v) is 14.4. The van der Waals surface area contributed by atoms with Crippen LogP contribution in [0.25, 0.3) is 10.9 Å². The number of fused-ring (bicyclic) bond motifs is 1. The van der Waals surface area contributed by atoms with Gasteiger partial charge in [0.1, 0.15) is 6.04 Å². The van der Waals surface area contributed by atoms with Crippen LogP contribution in [-0.4, -0.2) is 28.1 Å². The fourth-order valence-corrected chi connectivity index (χ4v) is 3.02. The van der Waals surface area contributed by atoms with Crippen molar-refractivity contribution in [1.29, 1.82) is 0 Å². The van der Waals surface area contributed by atoms with Crippen molar-refractivity contribution in [3.63, 3.8) is 0 Å². The smallest absolute Gasteiger partial charge is 0.405 e. The molecule has 2 amide bonds. The molecular weight excluding hydrogens is 330 g/mol. The van der Waals surface area contributed by atoms with Gasteiger partial charge < -0.3 is 20.7 Å². The lowest BCUT2D eigenvalue weighted by molar-refractivity contribution is -0.123. The van der Waals surface area contributed by atoms with Crippen molar-refractivity contribution in [2.75, 3.05) is 0 Å². The molecule has 0 radical (unpaired) electrons. The van der Waals surface area contributed by atoms with Crippen LogP contribution < -0.4 is 10.6 Å². The molecular formula is C20H21N3O3. The average molecular weight is 351 g/mol. The number of aromatic amines is 1. The second-order valence-electron chi connectivity index (χ2n) is 6.21. The third kappa shape index (κ3) is 4.03. The molecule has 3 rings (SSSR count). The SMILES string of the molecule is CC(NC(=O)[C@H](Cc1c[nH]c2ccccc12)NC(=O)O)c1ccccc1. The van der Waals surface area contributed by atoms with Gasteiger partial charge in [-0.1, -0.05) is 48.5 Å². The minimum Gasteiger partial charge on any atom is -0.465 e. The van der Waals surface area contributed by atoms with Crippen molar-refractivity contribution < 1.29 is 14.7 Å². The first-order valence-corrected chi connectivity index (χ1v) is 8.44. The van der Waals surface area contributed by atoms with E-state index in [0.29, 0.717) is 0 Å². The van der Waals surface area contributed by atoms with E-state index in [1.54, 1.807) is 0 Å². The summed E-state index contributed by atoms with van der Waals surface area (Å²) in [5, 5.41) is 15.3. The number of rotatable bonds is 6. The number of nitrogens with one attached hydrogen (secondary N) is 3. The van der Waals surface area contributed by atoms with Gasteiger partial charge in [-0.25, -0.2) is 4.79 Å². The van der Waals surface area contributed by atoms with Crippen LogP contribution in [0.4, 0.5) is 4.79 Å². The second kappa shape index (κ2) is 7.74. The first-order chi connectivity index (χ1) is 12.5. The van der Waals surface area contributed by atoms with Gasteiger partial charge in [-0.2, -0.15) is 0 Å². The molecule has 0 saturated heterocycles. The molecule has 0 aliphatic carbocycles. The summed E-state index contributed by atoms with van der Waals surface area (Å²) < 4.78 is 0. The number of para-hydroxylation sites is 1. The Hall–Kier alpha value is -3.28. The van der Waals surface area contributed by atoms with Crippen LogP contribution in [0.15, 0.2) is 60.8 Å². The highest BCUT2D eigenvalue weighted by Gasteiger charge is 2.23. The summed E-state index contributed by atoms with van der Waals surface area (Å²) in [7, 11) is 0. The predicted molar refractivity (Wildman–Crippen MR) is 100.0 cm³/mol. The van der Waals surface area contributed by atoms with Gasteiger partial charge in [0.25, 0.3) is 0 Å². The van der Waals surface area contributed by atoms with E-state index < -0.39 is 12.1 Å². The van der Waals surface area contributed by atoms with Crippen molar-refractivity contribution in [3.8, 4) is 0 Å². The number of hydrogen-bond donors (Lipinski definition) is 4. The fourth-order valence-electron chi connectivity index (χ4n) is 3.02. The van der Waals surface area contributed by atoms with Crippen LogP contribution in [0.1, 0.15) is 24.1 Å². The van der Waals surface area contributed by atoms with Gasteiger partial charge in [0.05, 0.1) is 6.04 Å². The number of carbonyl (C=O) groups excluding carboxylic acids is 1. The lowest BCUT2D eigenvalue weighted by Gasteiger charge is -2.20. The Balaban J connectivity index is 1.77. The van der Waals surface area contributed by atoms with Gasteiger partial charge >= 0.3 is 6.09 Å². The van der Waals surface area contributed by atoms with Crippen LogP contribution in [0.5, 0.6) is 0 Å². The number of hydrogen-bond acceptors (Lipinski definition) is 2. The Bertz CT molecular complexity index is 905. The lowest BCUT2D eigenvalue weighted by atomic mass is 10.0. The maximum atomic E-state index is 12.7. The van der Waals surface area contributed by atoms with E-state index in [1.807, 2.05) is 67.7 Å². The standard InChI is InChI=1S/C20H21N3O3/c1-13(14-7-3-2-4-8-14)22-19(24)18(23-20(25)26)11-15-12-21-17-10-6-5-9-16(15)17/h2-10,12-13,18,21,23H,11H2,1H3,(H,22,24)(H,25,26)/t13?,18-/m0/s1. The third-order valence-corrected chi connectivity index (χ3v) is 4.37. The lowest BCUT2D eigenvalue weighted by Crippen LogP contribution is -2.48. The van der Waals surface area contributed by atoms with Gasteiger partial charge in [-0.15, -0.1) is 0 Å². The molecule has 0 aliphatic heterocycles. The molecule has 6 heteroatoms. The summed E-state index contributed by atoms with van der Waals surface area (Å²) in [6, 6.07) is 16.2. The van der Waals surface area contributed by atoms with Crippen LogP contribution in [-0.2, 0) is 11.2 Å². The number of aromatic nitrogens is 1. The van der Waals surface area contributed by atoms with Crippen molar-refractivity contribution in [2.45, 2.75) is 25.4 Å². The summed E-state index contributed by atoms with van der Waals surface area (Å²) in [6.07, 6.45) is 0.857. The zero-order valence-electron chi connectivity index (χ0n) is 14.4. The van der Waals surface area contributed by atoms with E-state index in [2.05, 4.69) is 15.6 Å². The topological polar surface area (TPSA) is 94.2 Å². The normalized spacial score (nSPS) is 13.1. The highest BCUT2D eigenvalue weighted by Crippen LogP contribution is 2.19. The Morgan fingerprint density at radius 1 is 1.04 bits per heavy atom. The number of carbonyl (C=O) groups is 2. The number of H-pyrrole nitrogens is 1. The second-order valence-corrected chi connectivity index (χ2v) is 6.21. The molecule has 0 fully saturated rings. The van der Waals surface area contributed by atoms with Crippen LogP contribution in [0, 0.1) is 0 Å². The molecule has 3 aromatic rings. The van der Waals surface area contributed by atoms with E-state index >= 15 is 0 Å². The minimum atomic E-state index is -1.22. The molecule has 4 N–H and O–H groups in total. The Labute approximate surface area is 151 Å². The van der Waals surface area contributed by atoms with Crippen LogP contribution in [0.3, 0.4) is 0 Å². The molecule has 1 heterocycles. The van der Waals surface area contributed by atoms with Gasteiger partial charge in [0.15, 0.2) is 0 Å². The first kappa shape index (κ1) is 17.5. The number of carboxylic acid groups (broad SMARTS) is 1. The highest BCUT2D eigenvalue weighted by molar-refractivity contribution is 5.88. The van der Waals surface area contributed by atoms with E-state index in [0.717, 1.165) is 22.0 Å². The number of amides is 2. The Morgan fingerprint density at radius 3 is 2.46 bits per heavy atom. The maximum absolute atomic E-state index is 12.7. The summed E-state index contributed by atoms with van der Waals surface area (Å²) in [6.45, 7) is 1.87. The number of benzene rings is 2. The van der Waals surface area contributed by atoms with Crippen molar-refractivity contribution in [1.82, 2.24) is 15.6 Å². The predicted octanol–water partition coefficient (Wildman–Crippen LogP) is 3.22. The summed E-state index contributed by atoms with van der Waals surface area (Å²) in [5.74, 6) is -0.353. The largest absolute Gasteiger partial charge is 0.465 e. The van der Waals surface area contributed by atoms with E-state index in [1.165, 1.54) is 0 Å². The summed E-state index contributed by atoms with van der Waals surface area (Å²) in [4.78, 5) is 27.0. The quantitative estimate of drug-likeness (QED) is 0.549. The molecule has 1 aromatic heterocycles. The van der Waals surface area contributed by atoms with Crippen molar-refractivity contribution >= 4 is 22.9 Å². The van der Waals surface area contributed by atoms with Gasteiger partial charge in [-0.05, 0) is 24.1 Å². The maximum Gasteiger partial charge on any atom is 0.405 e. The first-order valence-electron chi connectivity index (χ1n) is 8.44. The van der Waals surface area contributed by atoms with Crippen molar-refractivity contribution in [2.24, 2.45) is 0 Å². The summed E-state index contributed by atoms with van der Waals surface area (Å²) in [5.41, 5.74) is 2.80. The van der Waals surface area contributed by atoms with E-state index in [-0.39, 0.29) is 18.4 Å². The van der Waals surface area contributed by atoms with E-state index in [4.69, 9.17) is 5.11 Å². The Kier molecular flexibility index (Phi) is 5.22. The summed E-state index contributed by atoms with van der Waals surface area (Å²) >= 11 is 0. The monoisotopic (exact) mass is 351 g/mol. The molecule has 2 atom stereocenters. The molecule has 134 valence electrons. The molecule has 0 saturated carbocycles. The van der Waals surface area contributed by atoms with Crippen LogP contribution >= 0.6 is 0 Å². The van der Waals surface area contributed by atoms with Gasteiger partial charge in [0.2, 0.25) is 5.91 Å². The van der Waals surface area contributed by atoms with Crippen molar-refractivity contribution in [3.05, 3.63) is 71.9 Å². The zero-order chi connectivity index (χ0) is 18.5.